The van der Waals surface area contributed by atoms with Gasteiger partial charge in [0, 0.05) is 46.2 Å². The molecule has 0 saturated heterocycles. The molecule has 0 spiro atoms. The number of nitrogens with one attached hydrogen (secondary N) is 2. The highest BCUT2D eigenvalue weighted by molar-refractivity contribution is 14.0. The molecule has 0 bridgehead atoms. The first-order chi connectivity index (χ1) is 15.6. The lowest BCUT2D eigenvalue weighted by Crippen LogP contribution is -2.37. The molecule has 0 saturated carbocycles. The average Bonchev–Trinajstić information content (AvgIpc) is 3.13. The maximum atomic E-state index is 4.74. The van der Waals surface area contributed by atoms with Crippen LogP contribution in [0, 0.1) is 6.92 Å². The van der Waals surface area contributed by atoms with E-state index in [0.29, 0.717) is 6.54 Å². The second kappa shape index (κ2) is 11.3. The van der Waals surface area contributed by atoms with Crippen LogP contribution in [-0.2, 0) is 13.1 Å². The summed E-state index contributed by atoms with van der Waals surface area (Å²) in [5.41, 5.74) is 4.44. The molecular formula is C25H32IN7. The lowest BCUT2D eigenvalue weighted by atomic mass is 10.1. The van der Waals surface area contributed by atoms with Crippen molar-refractivity contribution < 1.29 is 0 Å². The summed E-state index contributed by atoms with van der Waals surface area (Å²) in [6.45, 7) is 4.48. The molecule has 2 aromatic heterocycles. The summed E-state index contributed by atoms with van der Waals surface area (Å²) in [5, 5.41) is 8.04. The maximum absolute atomic E-state index is 4.74. The third-order valence-corrected chi connectivity index (χ3v) is 5.61. The van der Waals surface area contributed by atoms with Crippen molar-refractivity contribution in [3.63, 3.8) is 0 Å². The summed E-state index contributed by atoms with van der Waals surface area (Å²) in [4.78, 5) is 15.8. The lowest BCUT2D eigenvalue weighted by molar-refractivity contribution is 0.624. The van der Waals surface area contributed by atoms with Crippen molar-refractivity contribution in [1.82, 2.24) is 25.2 Å². The van der Waals surface area contributed by atoms with Gasteiger partial charge >= 0.3 is 0 Å². The van der Waals surface area contributed by atoms with E-state index in [9.17, 15) is 0 Å². The van der Waals surface area contributed by atoms with Gasteiger partial charge in [-0.15, -0.1) is 24.0 Å². The third-order valence-electron chi connectivity index (χ3n) is 5.61. The molecule has 0 amide bonds. The van der Waals surface area contributed by atoms with Crippen LogP contribution in [0.15, 0.2) is 59.6 Å². The molecule has 0 aliphatic carbocycles. The number of hydrogen-bond donors (Lipinski definition) is 2. The average molecular weight is 557 g/mol. The van der Waals surface area contributed by atoms with E-state index < -0.39 is 0 Å². The molecule has 7 nitrogen and oxygen atoms in total. The number of fused-ring (bicyclic) bond motifs is 2. The van der Waals surface area contributed by atoms with Gasteiger partial charge < -0.3 is 20.1 Å². The Labute approximate surface area is 212 Å². The number of guanidine groups is 1. The number of rotatable bonds is 7. The fraction of sp³-hybridized carbons (Fsp3) is 0.320. The normalized spacial score (nSPS) is 11.5. The Morgan fingerprint density at radius 2 is 1.73 bits per heavy atom. The number of hydrogen-bond acceptors (Lipinski definition) is 4. The summed E-state index contributed by atoms with van der Waals surface area (Å²) >= 11 is 0. The molecule has 0 unspecified atom stereocenters. The van der Waals surface area contributed by atoms with Gasteiger partial charge in [-0.3, -0.25) is 4.99 Å². The summed E-state index contributed by atoms with van der Waals surface area (Å²) in [6.07, 6.45) is 0.977. The predicted molar refractivity (Wildman–Crippen MR) is 149 cm³/mol. The van der Waals surface area contributed by atoms with E-state index in [0.717, 1.165) is 53.5 Å². The molecule has 2 heterocycles. The van der Waals surface area contributed by atoms with Crippen molar-refractivity contribution in [3.8, 4) is 0 Å². The minimum Gasteiger partial charge on any atom is -0.363 e. The van der Waals surface area contributed by atoms with Gasteiger partial charge in [0.15, 0.2) is 5.96 Å². The molecule has 33 heavy (non-hydrogen) atoms. The minimum absolute atomic E-state index is 0. The molecule has 4 rings (SSSR count). The van der Waals surface area contributed by atoms with E-state index in [-0.39, 0.29) is 24.0 Å². The predicted octanol–water partition coefficient (Wildman–Crippen LogP) is 4.33. The molecule has 2 N–H and O–H groups in total. The van der Waals surface area contributed by atoms with E-state index >= 15 is 0 Å². The number of anilines is 1. The Kier molecular flexibility index (Phi) is 8.49. The number of benzene rings is 2. The largest absolute Gasteiger partial charge is 0.363 e. The summed E-state index contributed by atoms with van der Waals surface area (Å²) in [6, 6.07) is 18.7. The molecule has 0 aliphatic heterocycles. The Bertz CT molecular complexity index is 1250. The SMILES string of the molecule is CN=C(NCCCn1c(C)nc2ccccc21)NCc1cc(N(C)C)nc2ccccc12.I. The molecule has 0 radical (unpaired) electrons. The van der Waals surface area contributed by atoms with Crippen molar-refractivity contribution in [2.45, 2.75) is 26.4 Å². The fourth-order valence-corrected chi connectivity index (χ4v) is 3.93. The first kappa shape index (κ1) is 24.8. The molecule has 0 aliphatic rings. The van der Waals surface area contributed by atoms with E-state index in [1.54, 1.807) is 7.05 Å². The molecule has 174 valence electrons. The first-order valence-electron chi connectivity index (χ1n) is 11.0. The number of para-hydroxylation sites is 3. The summed E-state index contributed by atoms with van der Waals surface area (Å²) in [5.74, 6) is 2.80. The highest BCUT2D eigenvalue weighted by Crippen LogP contribution is 2.22. The maximum Gasteiger partial charge on any atom is 0.191 e. The molecular weight excluding hydrogens is 525 g/mol. The summed E-state index contributed by atoms with van der Waals surface area (Å²) in [7, 11) is 5.83. The van der Waals surface area contributed by atoms with Crippen LogP contribution in [0.25, 0.3) is 21.9 Å². The number of imidazole rings is 1. The smallest absolute Gasteiger partial charge is 0.191 e. The van der Waals surface area contributed by atoms with Crippen LogP contribution < -0.4 is 15.5 Å². The topological polar surface area (TPSA) is 70.4 Å². The number of aryl methyl sites for hydroxylation is 2. The Hall–Kier alpha value is -2.88. The molecule has 4 aromatic rings. The van der Waals surface area contributed by atoms with Crippen molar-refractivity contribution in [2.24, 2.45) is 4.99 Å². The van der Waals surface area contributed by atoms with Crippen LogP contribution >= 0.6 is 24.0 Å². The van der Waals surface area contributed by atoms with Crippen LogP contribution in [0.2, 0.25) is 0 Å². The van der Waals surface area contributed by atoms with Crippen molar-refractivity contribution in [3.05, 3.63) is 66.0 Å². The van der Waals surface area contributed by atoms with Gasteiger partial charge in [0.05, 0.1) is 16.6 Å². The number of aliphatic imine (C=N–C) groups is 1. The highest BCUT2D eigenvalue weighted by Gasteiger charge is 2.09. The van der Waals surface area contributed by atoms with E-state index in [2.05, 4.69) is 74.6 Å². The van der Waals surface area contributed by atoms with Crippen LogP contribution in [0.4, 0.5) is 5.82 Å². The van der Waals surface area contributed by atoms with Gasteiger partial charge in [0.2, 0.25) is 0 Å². The Balaban J connectivity index is 0.00000306. The molecule has 8 heteroatoms. The van der Waals surface area contributed by atoms with Crippen molar-refractivity contribution in [1.29, 1.82) is 0 Å². The summed E-state index contributed by atoms with van der Waals surface area (Å²) < 4.78 is 2.28. The van der Waals surface area contributed by atoms with Gasteiger partial charge in [-0.05, 0) is 43.2 Å². The zero-order valence-corrected chi connectivity index (χ0v) is 22.0. The lowest BCUT2D eigenvalue weighted by Gasteiger charge is -2.17. The van der Waals surface area contributed by atoms with Crippen LogP contribution in [0.5, 0.6) is 0 Å². The number of aromatic nitrogens is 3. The van der Waals surface area contributed by atoms with Gasteiger partial charge in [-0.25, -0.2) is 9.97 Å². The Morgan fingerprint density at radius 3 is 2.48 bits per heavy atom. The fourth-order valence-electron chi connectivity index (χ4n) is 3.93. The highest BCUT2D eigenvalue weighted by atomic mass is 127. The van der Waals surface area contributed by atoms with Gasteiger partial charge in [0.1, 0.15) is 11.6 Å². The molecule has 0 atom stereocenters. The minimum atomic E-state index is 0. The van der Waals surface area contributed by atoms with E-state index in [1.807, 2.05) is 31.1 Å². The second-order valence-corrected chi connectivity index (χ2v) is 8.06. The monoisotopic (exact) mass is 557 g/mol. The van der Waals surface area contributed by atoms with Crippen molar-refractivity contribution in [2.75, 3.05) is 32.6 Å². The standard InChI is InChI=1S/C25H31N7.HI/c1-18-29-22-12-7-8-13-23(22)32(18)15-9-14-27-25(26-2)28-17-19-16-24(31(3)4)30-21-11-6-5-10-20(19)21;/h5-8,10-13,16H,9,14-15,17H2,1-4H3,(H2,26,27,28);1H. The number of pyridine rings is 1. The molecule has 2 aromatic carbocycles. The van der Waals surface area contributed by atoms with Crippen LogP contribution in [0.3, 0.4) is 0 Å². The van der Waals surface area contributed by atoms with Crippen molar-refractivity contribution >= 4 is 57.7 Å². The Morgan fingerprint density at radius 1 is 1.00 bits per heavy atom. The van der Waals surface area contributed by atoms with E-state index in [1.165, 1.54) is 11.1 Å². The number of nitrogens with zero attached hydrogens (tertiary/aromatic N) is 5. The quantitative estimate of drug-likeness (QED) is 0.153. The third kappa shape index (κ3) is 5.73. The first-order valence-corrected chi connectivity index (χ1v) is 11.0. The van der Waals surface area contributed by atoms with E-state index in [4.69, 9.17) is 4.98 Å². The van der Waals surface area contributed by atoms with Crippen LogP contribution in [0.1, 0.15) is 17.8 Å². The van der Waals surface area contributed by atoms with Crippen LogP contribution in [-0.4, -0.2) is 48.2 Å². The number of halogens is 1. The molecule has 0 fully saturated rings. The van der Waals surface area contributed by atoms with Gasteiger partial charge in [0.25, 0.3) is 0 Å². The zero-order valence-electron chi connectivity index (χ0n) is 19.7. The van der Waals surface area contributed by atoms with Gasteiger partial charge in [-0.1, -0.05) is 30.3 Å². The zero-order chi connectivity index (χ0) is 22.5. The van der Waals surface area contributed by atoms with Gasteiger partial charge in [-0.2, -0.15) is 0 Å². The second-order valence-electron chi connectivity index (χ2n) is 8.06.